The van der Waals surface area contributed by atoms with Crippen LogP contribution in [-0.4, -0.2) is 46.7 Å². The van der Waals surface area contributed by atoms with E-state index in [2.05, 4.69) is 10.3 Å². The van der Waals surface area contributed by atoms with E-state index < -0.39 is 0 Å². The number of amides is 1. The molecule has 29 heavy (non-hydrogen) atoms. The lowest BCUT2D eigenvalue weighted by Crippen LogP contribution is -2.40. The number of nitrogens with zero attached hydrogens (tertiary/aromatic N) is 3. The van der Waals surface area contributed by atoms with Gasteiger partial charge < -0.3 is 19.5 Å². The zero-order valence-corrected chi connectivity index (χ0v) is 17.6. The van der Waals surface area contributed by atoms with Crippen LogP contribution in [-0.2, 0) is 11.8 Å². The molecule has 0 aliphatic carbocycles. The molecule has 0 unspecified atom stereocenters. The van der Waals surface area contributed by atoms with E-state index in [4.69, 9.17) is 16.3 Å². The average molecular weight is 439 g/mol. The molecule has 0 saturated carbocycles. The molecule has 1 aromatic carbocycles. The van der Waals surface area contributed by atoms with Crippen LogP contribution in [0.3, 0.4) is 0 Å². The van der Waals surface area contributed by atoms with Gasteiger partial charge in [-0.25, -0.2) is 9.37 Å². The molecule has 0 bridgehead atoms. The summed E-state index contributed by atoms with van der Waals surface area (Å²) in [6.45, 7) is 3.88. The van der Waals surface area contributed by atoms with Gasteiger partial charge in [0.25, 0.3) is 5.91 Å². The molecule has 9 heteroatoms. The molecular weight excluding hydrogens is 418 g/mol. The monoisotopic (exact) mass is 438 g/mol. The van der Waals surface area contributed by atoms with Crippen LogP contribution < -0.4 is 5.32 Å². The number of anilines is 2. The second kappa shape index (κ2) is 8.57. The lowest BCUT2D eigenvalue weighted by atomic mass is 10.1. The first-order chi connectivity index (χ1) is 13.5. The molecule has 1 saturated heterocycles. The van der Waals surface area contributed by atoms with Gasteiger partial charge in [-0.1, -0.05) is 11.6 Å². The van der Waals surface area contributed by atoms with Crippen LogP contribution in [0.5, 0.6) is 0 Å². The third kappa shape index (κ3) is 4.03. The minimum Gasteiger partial charge on any atom is -0.378 e. The Labute approximate surface area is 179 Å². The molecule has 0 atom stereocenters. The van der Waals surface area contributed by atoms with E-state index in [-0.39, 0.29) is 29.2 Å². The van der Waals surface area contributed by atoms with Crippen molar-refractivity contribution in [3.63, 3.8) is 0 Å². The molecule has 2 aromatic heterocycles. The second-order valence-electron chi connectivity index (χ2n) is 6.82. The fourth-order valence-electron chi connectivity index (χ4n) is 3.39. The third-order valence-corrected chi connectivity index (χ3v) is 5.25. The van der Waals surface area contributed by atoms with Crippen molar-refractivity contribution < 1.29 is 13.9 Å². The highest BCUT2D eigenvalue weighted by molar-refractivity contribution is 6.33. The number of nitrogens with one attached hydrogen (secondary N) is 1. The van der Waals surface area contributed by atoms with Crippen molar-refractivity contribution in [1.82, 2.24) is 14.5 Å². The number of aryl methyl sites for hydroxylation is 2. The molecule has 1 amide bonds. The van der Waals surface area contributed by atoms with Crippen molar-refractivity contribution in [1.29, 1.82) is 0 Å². The van der Waals surface area contributed by atoms with Crippen LogP contribution in [0.1, 0.15) is 15.9 Å². The number of benzene rings is 1. The second-order valence-corrected chi connectivity index (χ2v) is 7.23. The van der Waals surface area contributed by atoms with Gasteiger partial charge in [-0.3, -0.25) is 4.79 Å². The molecule has 1 aliphatic heterocycles. The zero-order valence-electron chi connectivity index (χ0n) is 16.0. The fourth-order valence-corrected chi connectivity index (χ4v) is 3.59. The molecule has 1 N–H and O–H groups in total. The lowest BCUT2D eigenvalue weighted by molar-refractivity contribution is 0.0303. The minimum absolute atomic E-state index is 0. The first-order valence-corrected chi connectivity index (χ1v) is 9.37. The Hall–Kier alpha value is -2.35. The summed E-state index contributed by atoms with van der Waals surface area (Å²) in [6.07, 6.45) is 3.46. The van der Waals surface area contributed by atoms with Crippen molar-refractivity contribution in [3.05, 3.63) is 52.6 Å². The molecule has 0 spiro atoms. The summed E-state index contributed by atoms with van der Waals surface area (Å²) in [5.74, 6) is 0.131. The van der Waals surface area contributed by atoms with E-state index in [1.54, 1.807) is 24.1 Å². The van der Waals surface area contributed by atoms with Gasteiger partial charge in [0, 0.05) is 37.9 Å². The highest BCUT2D eigenvalue weighted by atomic mass is 35.5. The first-order valence-electron chi connectivity index (χ1n) is 8.99. The summed E-state index contributed by atoms with van der Waals surface area (Å²) in [7, 11) is 1.89. The van der Waals surface area contributed by atoms with Crippen molar-refractivity contribution in [2.45, 2.75) is 6.92 Å². The summed E-state index contributed by atoms with van der Waals surface area (Å²) >= 11 is 6.18. The molecule has 1 fully saturated rings. The number of hydrogen-bond acceptors (Lipinski definition) is 4. The predicted molar refractivity (Wildman–Crippen MR) is 114 cm³/mol. The Morgan fingerprint density at radius 2 is 2.03 bits per heavy atom. The van der Waals surface area contributed by atoms with Crippen molar-refractivity contribution >= 4 is 52.3 Å². The van der Waals surface area contributed by atoms with Gasteiger partial charge in [-0.05, 0) is 30.7 Å². The van der Waals surface area contributed by atoms with Gasteiger partial charge in [0.05, 0.1) is 35.0 Å². The van der Waals surface area contributed by atoms with Gasteiger partial charge in [-0.15, -0.1) is 12.4 Å². The van der Waals surface area contributed by atoms with E-state index in [9.17, 15) is 9.18 Å². The Morgan fingerprint density at radius 3 is 2.76 bits per heavy atom. The summed E-state index contributed by atoms with van der Waals surface area (Å²) in [5.41, 5.74) is 2.36. The van der Waals surface area contributed by atoms with Crippen LogP contribution in [0.25, 0.3) is 10.9 Å². The van der Waals surface area contributed by atoms with E-state index >= 15 is 0 Å². The van der Waals surface area contributed by atoms with Gasteiger partial charge in [-0.2, -0.15) is 0 Å². The van der Waals surface area contributed by atoms with Gasteiger partial charge in [0.1, 0.15) is 11.6 Å². The van der Waals surface area contributed by atoms with Crippen LogP contribution in [0.2, 0.25) is 5.02 Å². The van der Waals surface area contributed by atoms with Crippen LogP contribution in [0.15, 0.2) is 30.6 Å². The Balaban J connectivity index is 0.00000240. The molecule has 154 valence electrons. The summed E-state index contributed by atoms with van der Waals surface area (Å²) < 4.78 is 20.9. The molecule has 3 aromatic rings. The van der Waals surface area contributed by atoms with E-state index in [1.807, 2.05) is 23.9 Å². The highest BCUT2D eigenvalue weighted by Gasteiger charge is 2.23. The number of ether oxygens (including phenoxy) is 1. The van der Waals surface area contributed by atoms with Crippen molar-refractivity contribution in [3.8, 4) is 0 Å². The molecule has 3 heterocycles. The Kier molecular flexibility index (Phi) is 6.31. The minimum atomic E-state index is -0.361. The van der Waals surface area contributed by atoms with Gasteiger partial charge >= 0.3 is 0 Å². The number of halogens is 3. The molecule has 1 aliphatic rings. The topological polar surface area (TPSA) is 59.4 Å². The number of carbonyl (C=O) groups is 1. The maximum Gasteiger partial charge on any atom is 0.257 e. The Morgan fingerprint density at radius 1 is 1.31 bits per heavy atom. The van der Waals surface area contributed by atoms with E-state index in [0.29, 0.717) is 48.9 Å². The Bertz CT molecular complexity index is 1060. The maximum absolute atomic E-state index is 13.7. The van der Waals surface area contributed by atoms with Crippen LogP contribution >= 0.6 is 24.0 Å². The largest absolute Gasteiger partial charge is 0.378 e. The molecule has 0 radical (unpaired) electrons. The zero-order chi connectivity index (χ0) is 19.8. The lowest BCUT2D eigenvalue weighted by Gasteiger charge is -2.27. The third-order valence-electron chi connectivity index (χ3n) is 4.94. The number of hydrogen-bond donors (Lipinski definition) is 1. The van der Waals surface area contributed by atoms with Crippen LogP contribution in [0.4, 0.5) is 15.9 Å². The predicted octanol–water partition coefficient (Wildman–Crippen LogP) is 4.31. The first kappa shape index (κ1) is 21.4. The normalized spacial score (nSPS) is 14.0. The van der Waals surface area contributed by atoms with E-state index in [0.717, 1.165) is 10.9 Å². The summed E-state index contributed by atoms with van der Waals surface area (Å²) in [4.78, 5) is 19.3. The maximum atomic E-state index is 13.7. The summed E-state index contributed by atoms with van der Waals surface area (Å²) in [6, 6.07) is 4.81. The number of aromatic nitrogens is 2. The number of morpholine rings is 1. The molecule has 6 nitrogen and oxygen atoms in total. The fraction of sp³-hybridized carbons (Fsp3) is 0.300. The van der Waals surface area contributed by atoms with Crippen LogP contribution in [0, 0.1) is 12.7 Å². The number of fused-ring (bicyclic) bond motifs is 1. The molecular formula is C20H21Cl2FN4O2. The number of carbonyl (C=O) groups excluding carboxylic acids is 1. The standard InChI is InChI=1S/C20H20ClFN4O2.ClH/c1-12-9-17(15(21)10-16(12)22)24-19-13-3-4-25(2)18(13)14(11-23-19)20(27)26-5-7-28-8-6-26;/h3-4,9-11H,5-8H2,1-2H3,(H,23,24);1H. The highest BCUT2D eigenvalue weighted by Crippen LogP contribution is 2.32. The van der Waals surface area contributed by atoms with Gasteiger partial charge in [0.2, 0.25) is 0 Å². The van der Waals surface area contributed by atoms with Crippen molar-refractivity contribution in [2.24, 2.45) is 7.05 Å². The summed E-state index contributed by atoms with van der Waals surface area (Å²) in [5, 5.41) is 4.23. The van der Waals surface area contributed by atoms with Gasteiger partial charge in [0.15, 0.2) is 0 Å². The SMILES string of the molecule is Cc1cc(Nc2ncc(C(=O)N3CCOCC3)c3c2ccn3C)c(Cl)cc1F.Cl. The quantitative estimate of drug-likeness (QED) is 0.661. The molecule has 4 rings (SSSR count). The number of rotatable bonds is 3. The average Bonchev–Trinajstić information content (AvgIpc) is 3.09. The van der Waals surface area contributed by atoms with Crippen molar-refractivity contribution in [2.75, 3.05) is 31.6 Å². The smallest absolute Gasteiger partial charge is 0.257 e. The number of pyridine rings is 1. The van der Waals surface area contributed by atoms with E-state index in [1.165, 1.54) is 6.07 Å².